The second-order valence-corrected chi connectivity index (χ2v) is 8.50. The lowest BCUT2D eigenvalue weighted by Crippen LogP contribution is -2.27. The summed E-state index contributed by atoms with van der Waals surface area (Å²) >= 11 is 12.2. The molecule has 3 aromatic rings. The first kappa shape index (κ1) is 21.7. The summed E-state index contributed by atoms with van der Waals surface area (Å²) in [6.07, 6.45) is 1.51. The highest BCUT2D eigenvalue weighted by atomic mass is 35.5. The van der Waals surface area contributed by atoms with Crippen LogP contribution in [-0.4, -0.2) is 20.1 Å². The number of non-ortho nitro benzene ring substituents is 1. The summed E-state index contributed by atoms with van der Waals surface area (Å²) in [4.78, 5) is 35.2. The first-order valence-electron chi connectivity index (χ1n) is 8.81. The summed E-state index contributed by atoms with van der Waals surface area (Å²) in [6.45, 7) is 0. The standard InChI is InChI=1S/C20H10ClN3O6S2/c21-15-7-1-11(9-16(15)24(28)29)17-8-6-14(30-17)10-18-19(25)22(20(31)32-18)12-2-4-13(5-3-12)23(26)27/h1-10H/b18-10+. The molecule has 12 heteroatoms. The van der Waals surface area contributed by atoms with Crippen LogP contribution in [0.15, 0.2) is 63.9 Å². The number of nitrogens with zero attached hydrogens (tertiary/aromatic N) is 3. The van der Waals surface area contributed by atoms with Gasteiger partial charge in [0, 0.05) is 29.8 Å². The summed E-state index contributed by atoms with van der Waals surface area (Å²) in [7, 11) is 0. The van der Waals surface area contributed by atoms with Gasteiger partial charge in [-0.05, 0) is 36.4 Å². The van der Waals surface area contributed by atoms with Crippen LogP contribution in [0.5, 0.6) is 0 Å². The third-order valence-electron chi connectivity index (χ3n) is 4.44. The quantitative estimate of drug-likeness (QED) is 0.191. The van der Waals surface area contributed by atoms with Gasteiger partial charge >= 0.3 is 0 Å². The highest BCUT2D eigenvalue weighted by Crippen LogP contribution is 2.37. The van der Waals surface area contributed by atoms with E-state index in [1.165, 1.54) is 47.4 Å². The maximum atomic E-state index is 12.9. The Labute approximate surface area is 194 Å². The summed E-state index contributed by atoms with van der Waals surface area (Å²) < 4.78 is 6.00. The van der Waals surface area contributed by atoms with Crippen LogP contribution < -0.4 is 4.90 Å². The number of hydrogen-bond acceptors (Lipinski definition) is 8. The van der Waals surface area contributed by atoms with Crippen LogP contribution in [0.3, 0.4) is 0 Å². The zero-order valence-corrected chi connectivity index (χ0v) is 18.1. The molecule has 32 heavy (non-hydrogen) atoms. The van der Waals surface area contributed by atoms with Crippen LogP contribution in [0.25, 0.3) is 17.4 Å². The van der Waals surface area contributed by atoms with Gasteiger partial charge in [0.2, 0.25) is 0 Å². The zero-order chi connectivity index (χ0) is 23.0. The van der Waals surface area contributed by atoms with E-state index in [1.807, 2.05) is 0 Å². The minimum absolute atomic E-state index is 0.0143. The van der Waals surface area contributed by atoms with Crippen LogP contribution in [0, 0.1) is 20.2 Å². The summed E-state index contributed by atoms with van der Waals surface area (Å²) in [5.74, 6) is 0.317. The second kappa shape index (κ2) is 8.54. The van der Waals surface area contributed by atoms with Crippen LogP contribution in [0.2, 0.25) is 5.02 Å². The van der Waals surface area contributed by atoms with Crippen molar-refractivity contribution in [3.63, 3.8) is 0 Å². The molecule has 0 spiro atoms. The van der Waals surface area contributed by atoms with Crippen molar-refractivity contribution >= 4 is 68.9 Å². The van der Waals surface area contributed by atoms with Crippen LogP contribution in [0.1, 0.15) is 5.76 Å². The number of furan rings is 1. The lowest BCUT2D eigenvalue weighted by molar-refractivity contribution is -0.384. The Balaban J connectivity index is 1.59. The van der Waals surface area contributed by atoms with Gasteiger partial charge in [-0.3, -0.25) is 29.9 Å². The minimum Gasteiger partial charge on any atom is -0.457 e. The molecule has 1 fully saturated rings. The molecule has 1 aliphatic heterocycles. The topological polar surface area (TPSA) is 120 Å². The maximum Gasteiger partial charge on any atom is 0.288 e. The number of thiocarbonyl (C=S) groups is 1. The molecule has 0 aliphatic carbocycles. The van der Waals surface area contributed by atoms with Gasteiger partial charge in [-0.25, -0.2) is 0 Å². The molecule has 2 aromatic carbocycles. The number of nitro benzene ring substituents is 2. The van der Waals surface area contributed by atoms with Gasteiger partial charge in [-0.15, -0.1) is 0 Å². The fourth-order valence-electron chi connectivity index (χ4n) is 2.93. The molecule has 2 heterocycles. The van der Waals surface area contributed by atoms with Crippen molar-refractivity contribution in [1.29, 1.82) is 0 Å². The molecule has 0 unspecified atom stereocenters. The van der Waals surface area contributed by atoms with Gasteiger partial charge in [0.1, 0.15) is 16.5 Å². The Bertz CT molecular complexity index is 1320. The van der Waals surface area contributed by atoms with Crippen molar-refractivity contribution in [3.05, 3.63) is 90.5 Å². The van der Waals surface area contributed by atoms with Crippen molar-refractivity contribution < 1.29 is 19.1 Å². The fourth-order valence-corrected chi connectivity index (χ4v) is 4.40. The number of carbonyl (C=O) groups is 1. The Morgan fingerprint density at radius 3 is 2.41 bits per heavy atom. The predicted molar refractivity (Wildman–Crippen MR) is 125 cm³/mol. The molecule has 0 radical (unpaired) electrons. The number of carbonyl (C=O) groups excluding carboxylic acids is 1. The number of amides is 1. The highest BCUT2D eigenvalue weighted by molar-refractivity contribution is 8.27. The Morgan fingerprint density at radius 2 is 1.75 bits per heavy atom. The van der Waals surface area contributed by atoms with Crippen LogP contribution >= 0.6 is 35.6 Å². The van der Waals surface area contributed by atoms with Crippen molar-refractivity contribution in [2.75, 3.05) is 4.90 Å². The molecule has 9 nitrogen and oxygen atoms in total. The van der Waals surface area contributed by atoms with E-state index in [9.17, 15) is 25.0 Å². The number of nitro groups is 2. The van der Waals surface area contributed by atoms with Gasteiger partial charge in [0.25, 0.3) is 17.3 Å². The van der Waals surface area contributed by atoms with E-state index in [2.05, 4.69) is 0 Å². The number of hydrogen-bond donors (Lipinski definition) is 0. The van der Waals surface area contributed by atoms with E-state index in [0.717, 1.165) is 11.8 Å². The fraction of sp³-hybridized carbons (Fsp3) is 0. The maximum absolute atomic E-state index is 12.9. The third-order valence-corrected chi connectivity index (χ3v) is 6.06. The third kappa shape index (κ3) is 4.13. The van der Waals surface area contributed by atoms with E-state index in [-0.39, 0.29) is 20.7 Å². The smallest absolute Gasteiger partial charge is 0.288 e. The molecule has 4 rings (SSSR count). The first-order chi connectivity index (χ1) is 15.2. The molecule has 0 atom stereocenters. The normalized spacial score (nSPS) is 14.9. The summed E-state index contributed by atoms with van der Waals surface area (Å²) in [6, 6.07) is 13.0. The molecule has 0 saturated carbocycles. The predicted octanol–water partition coefficient (Wildman–Crippen LogP) is 5.82. The molecular formula is C20H10ClN3O6S2. The molecule has 1 aliphatic rings. The number of thioether (sulfide) groups is 1. The molecular weight excluding hydrogens is 478 g/mol. The van der Waals surface area contributed by atoms with Gasteiger partial charge in [-0.1, -0.05) is 35.6 Å². The first-order valence-corrected chi connectivity index (χ1v) is 10.4. The van der Waals surface area contributed by atoms with Gasteiger partial charge in [-0.2, -0.15) is 0 Å². The van der Waals surface area contributed by atoms with Crippen molar-refractivity contribution in [2.24, 2.45) is 0 Å². The van der Waals surface area contributed by atoms with Crippen LogP contribution in [-0.2, 0) is 4.79 Å². The van der Waals surface area contributed by atoms with Crippen molar-refractivity contribution in [3.8, 4) is 11.3 Å². The molecule has 0 bridgehead atoms. The lowest BCUT2D eigenvalue weighted by atomic mass is 10.1. The average Bonchev–Trinajstić information content (AvgIpc) is 3.32. The zero-order valence-electron chi connectivity index (χ0n) is 15.8. The lowest BCUT2D eigenvalue weighted by Gasteiger charge is -2.13. The van der Waals surface area contributed by atoms with E-state index >= 15 is 0 Å². The number of anilines is 1. The number of rotatable bonds is 5. The minimum atomic E-state index is -0.584. The van der Waals surface area contributed by atoms with E-state index in [4.69, 9.17) is 28.2 Å². The SMILES string of the molecule is O=C1/C(=C\c2ccc(-c3ccc(Cl)c([N+](=O)[O-])c3)o2)SC(=S)N1c1ccc([N+](=O)[O-])cc1. The van der Waals surface area contributed by atoms with E-state index in [1.54, 1.807) is 18.2 Å². The Morgan fingerprint density at radius 1 is 1.03 bits per heavy atom. The summed E-state index contributed by atoms with van der Waals surface area (Å²) in [5, 5.41) is 21.9. The van der Waals surface area contributed by atoms with Gasteiger partial charge < -0.3 is 4.42 Å². The van der Waals surface area contributed by atoms with Crippen molar-refractivity contribution in [2.45, 2.75) is 0 Å². The van der Waals surface area contributed by atoms with E-state index < -0.39 is 15.8 Å². The van der Waals surface area contributed by atoms with Gasteiger partial charge in [0.05, 0.1) is 20.4 Å². The molecule has 1 aromatic heterocycles. The number of halogens is 1. The van der Waals surface area contributed by atoms with Crippen LogP contribution in [0.4, 0.5) is 17.1 Å². The average molecular weight is 488 g/mol. The molecule has 160 valence electrons. The molecule has 1 amide bonds. The Hall–Kier alpha value is -3.54. The monoisotopic (exact) mass is 487 g/mol. The van der Waals surface area contributed by atoms with E-state index in [0.29, 0.717) is 27.7 Å². The van der Waals surface area contributed by atoms with Crippen molar-refractivity contribution in [1.82, 2.24) is 0 Å². The Kier molecular flexibility index (Phi) is 5.78. The largest absolute Gasteiger partial charge is 0.457 e. The molecule has 0 N–H and O–H groups in total. The second-order valence-electron chi connectivity index (χ2n) is 6.42. The number of benzene rings is 2. The summed E-state index contributed by atoms with van der Waals surface area (Å²) in [5.41, 5.74) is 0.528. The highest BCUT2D eigenvalue weighted by Gasteiger charge is 2.33. The van der Waals surface area contributed by atoms with Gasteiger partial charge in [0.15, 0.2) is 4.32 Å². The molecule has 1 saturated heterocycles.